The number of phosphoric ester groups is 1. The zero-order valence-electron chi connectivity index (χ0n) is 33.7. The van der Waals surface area contributed by atoms with E-state index in [1.807, 2.05) is 6.08 Å². The molecule has 0 saturated heterocycles. The first kappa shape index (κ1) is 50.9. The van der Waals surface area contributed by atoms with E-state index in [1.165, 1.54) is 135 Å². The van der Waals surface area contributed by atoms with Crippen LogP contribution in [0.5, 0.6) is 0 Å². The first-order valence-corrected chi connectivity index (χ1v) is 23.0. The Morgan fingerprint density at radius 2 is 1.10 bits per heavy atom. The Bertz CT molecular complexity index is 888. The van der Waals surface area contributed by atoms with Crippen molar-refractivity contribution in [3.63, 3.8) is 0 Å². The van der Waals surface area contributed by atoms with E-state index in [0.29, 0.717) is 12.8 Å². The van der Waals surface area contributed by atoms with Gasteiger partial charge in [-0.3, -0.25) is 13.8 Å². The number of aliphatic hydroxyl groups is 2. The highest BCUT2D eigenvalue weighted by Gasteiger charge is 2.27. The third-order valence-corrected chi connectivity index (χ3v) is 10.6. The van der Waals surface area contributed by atoms with Gasteiger partial charge in [-0.1, -0.05) is 186 Å². The monoisotopic (exact) mass is 759 g/mol. The average molecular weight is 759 g/mol. The number of amides is 1. The molecule has 10 heteroatoms. The van der Waals surface area contributed by atoms with E-state index in [9.17, 15) is 24.5 Å². The molecule has 1 amide bonds. The second-order valence-corrected chi connectivity index (χ2v) is 16.2. The molecule has 0 saturated carbocycles. The number of carbonyl (C=O) groups is 1. The zero-order valence-corrected chi connectivity index (χ0v) is 34.6. The van der Waals surface area contributed by atoms with Gasteiger partial charge >= 0.3 is 7.82 Å². The number of phosphoric acid groups is 1. The van der Waals surface area contributed by atoms with Gasteiger partial charge in [-0.05, 0) is 32.1 Å². The summed E-state index contributed by atoms with van der Waals surface area (Å²) in [4.78, 5) is 22.7. The molecule has 6 N–H and O–H groups in total. The van der Waals surface area contributed by atoms with Crippen LogP contribution in [0.2, 0.25) is 0 Å². The summed E-state index contributed by atoms with van der Waals surface area (Å²) in [5.74, 6) is -0.455. The molecule has 0 aliphatic carbocycles. The molecule has 0 aromatic rings. The van der Waals surface area contributed by atoms with Crippen LogP contribution in [0.15, 0.2) is 24.3 Å². The summed E-state index contributed by atoms with van der Waals surface area (Å²) in [6.07, 6.45) is 39.8. The number of allylic oxidation sites excluding steroid dienone is 3. The van der Waals surface area contributed by atoms with Gasteiger partial charge in [0.15, 0.2) is 0 Å². The summed E-state index contributed by atoms with van der Waals surface area (Å²) < 4.78 is 22.0. The predicted molar refractivity (Wildman–Crippen MR) is 218 cm³/mol. The first-order valence-electron chi connectivity index (χ1n) is 21.5. The summed E-state index contributed by atoms with van der Waals surface area (Å²) in [5.41, 5.74) is 5.36. The van der Waals surface area contributed by atoms with Crippen molar-refractivity contribution in [1.29, 1.82) is 0 Å². The van der Waals surface area contributed by atoms with E-state index >= 15 is 0 Å². The summed E-state index contributed by atoms with van der Waals surface area (Å²) in [6.45, 7) is 3.95. The number of nitrogens with one attached hydrogen (secondary N) is 1. The van der Waals surface area contributed by atoms with Crippen molar-refractivity contribution in [1.82, 2.24) is 5.32 Å². The highest BCUT2D eigenvalue weighted by molar-refractivity contribution is 7.47. The van der Waals surface area contributed by atoms with Crippen molar-refractivity contribution in [2.75, 3.05) is 19.8 Å². The number of nitrogens with two attached hydrogens (primary N) is 1. The van der Waals surface area contributed by atoms with Crippen LogP contribution in [-0.2, 0) is 18.4 Å². The molecule has 0 bridgehead atoms. The number of unbranched alkanes of at least 4 members (excludes halogenated alkanes) is 24. The van der Waals surface area contributed by atoms with Crippen LogP contribution in [0, 0.1) is 0 Å². The third-order valence-electron chi connectivity index (χ3n) is 9.58. The van der Waals surface area contributed by atoms with E-state index in [0.717, 1.165) is 32.1 Å². The Balaban J connectivity index is 4.38. The molecule has 0 aliphatic rings. The lowest BCUT2D eigenvalue weighted by Crippen LogP contribution is -2.46. The second-order valence-electron chi connectivity index (χ2n) is 14.7. The zero-order chi connectivity index (χ0) is 38.4. The van der Waals surface area contributed by atoms with E-state index in [2.05, 4.69) is 31.3 Å². The highest BCUT2D eigenvalue weighted by atomic mass is 31.2. The molecule has 0 heterocycles. The summed E-state index contributed by atoms with van der Waals surface area (Å²) in [5, 5.41) is 24.0. The Labute approximate surface area is 320 Å². The van der Waals surface area contributed by atoms with Gasteiger partial charge in [0, 0.05) is 6.54 Å². The van der Waals surface area contributed by atoms with Crippen LogP contribution in [0.3, 0.4) is 0 Å². The molecule has 0 aromatic heterocycles. The lowest BCUT2D eigenvalue weighted by atomic mass is 10.0. The van der Waals surface area contributed by atoms with Gasteiger partial charge in [0.25, 0.3) is 0 Å². The minimum atomic E-state index is -4.40. The summed E-state index contributed by atoms with van der Waals surface area (Å²) in [6, 6.07) is -0.995. The minimum absolute atomic E-state index is 0.0460. The van der Waals surface area contributed by atoms with Crippen LogP contribution in [0.1, 0.15) is 200 Å². The van der Waals surface area contributed by atoms with Crippen LogP contribution in [-0.4, -0.2) is 59.0 Å². The van der Waals surface area contributed by atoms with Gasteiger partial charge in [-0.15, -0.1) is 0 Å². The van der Waals surface area contributed by atoms with Gasteiger partial charge in [0.2, 0.25) is 5.91 Å². The normalized spacial score (nSPS) is 15.0. The van der Waals surface area contributed by atoms with Gasteiger partial charge in [-0.2, -0.15) is 0 Å². The average Bonchev–Trinajstić information content (AvgIpc) is 3.12. The molecule has 308 valence electrons. The number of hydrogen-bond donors (Lipinski definition) is 5. The van der Waals surface area contributed by atoms with Crippen LogP contribution >= 0.6 is 7.82 Å². The molecule has 0 aromatic carbocycles. The molecular formula is C42H83N2O7P. The Morgan fingerprint density at radius 1 is 0.654 bits per heavy atom. The molecular weight excluding hydrogens is 675 g/mol. The number of hydrogen-bond acceptors (Lipinski definition) is 7. The van der Waals surface area contributed by atoms with Crippen molar-refractivity contribution < 1.29 is 33.5 Å². The van der Waals surface area contributed by atoms with Crippen molar-refractivity contribution in [3.8, 4) is 0 Å². The van der Waals surface area contributed by atoms with E-state index in [-0.39, 0.29) is 19.6 Å². The smallest absolute Gasteiger partial charge is 0.393 e. The fourth-order valence-electron chi connectivity index (χ4n) is 6.31. The summed E-state index contributed by atoms with van der Waals surface area (Å²) in [7, 11) is -4.40. The van der Waals surface area contributed by atoms with E-state index < -0.39 is 38.6 Å². The van der Waals surface area contributed by atoms with Gasteiger partial charge < -0.3 is 26.2 Å². The molecule has 0 spiro atoms. The Morgan fingerprint density at radius 3 is 1.60 bits per heavy atom. The standard InChI is InChI=1S/C42H83N2O7P/c1-3-5-7-9-11-13-15-17-18-19-20-21-22-24-26-28-30-32-34-41(46)40(38-51-52(48,49)50-36-35-43)44-42(47)37-39(45)33-31-29-27-25-23-16-14-12-10-8-6-4-2/h24,26,32,34,39-41,45-46H,3-23,25,27-31,33,35-38,43H2,1-2H3,(H,44,47)(H,48,49)/b26-24+,34-32+. The van der Waals surface area contributed by atoms with Gasteiger partial charge in [-0.25, -0.2) is 4.57 Å². The third kappa shape index (κ3) is 35.9. The van der Waals surface area contributed by atoms with Crippen LogP contribution in [0.4, 0.5) is 0 Å². The SMILES string of the molecule is CCCCCCCCCCCCCC/C=C/CC/C=C/C(O)C(COP(=O)(O)OCCN)NC(=O)CC(O)CCCCCCCCCCCCCC. The molecule has 4 atom stereocenters. The maximum absolute atomic E-state index is 12.8. The maximum Gasteiger partial charge on any atom is 0.472 e. The van der Waals surface area contributed by atoms with Crippen molar-refractivity contribution in [3.05, 3.63) is 24.3 Å². The predicted octanol–water partition coefficient (Wildman–Crippen LogP) is 10.8. The minimum Gasteiger partial charge on any atom is -0.393 e. The topological polar surface area (TPSA) is 151 Å². The molecule has 9 nitrogen and oxygen atoms in total. The van der Waals surface area contributed by atoms with E-state index in [1.54, 1.807) is 6.08 Å². The fraction of sp³-hybridized carbons (Fsp3) is 0.881. The van der Waals surface area contributed by atoms with Crippen molar-refractivity contribution >= 4 is 13.7 Å². The second kappa shape index (κ2) is 38.2. The van der Waals surface area contributed by atoms with Crippen LogP contribution in [0.25, 0.3) is 0 Å². The number of rotatable bonds is 40. The number of aliphatic hydroxyl groups excluding tert-OH is 2. The Hall–Kier alpha value is -1.06. The summed E-state index contributed by atoms with van der Waals surface area (Å²) >= 11 is 0. The quantitative estimate of drug-likeness (QED) is 0.0235. The molecule has 0 fully saturated rings. The van der Waals surface area contributed by atoms with Gasteiger partial charge in [0.05, 0.1) is 37.9 Å². The number of carbonyl (C=O) groups excluding carboxylic acids is 1. The largest absolute Gasteiger partial charge is 0.472 e. The van der Waals surface area contributed by atoms with Crippen molar-refractivity contribution in [2.45, 2.75) is 218 Å². The lowest BCUT2D eigenvalue weighted by molar-refractivity contribution is -0.124. The maximum atomic E-state index is 12.8. The molecule has 0 radical (unpaired) electrons. The van der Waals surface area contributed by atoms with E-state index in [4.69, 9.17) is 14.8 Å². The first-order chi connectivity index (χ1) is 25.3. The molecule has 0 rings (SSSR count). The fourth-order valence-corrected chi connectivity index (χ4v) is 7.07. The molecule has 4 unspecified atom stereocenters. The van der Waals surface area contributed by atoms with Gasteiger partial charge in [0.1, 0.15) is 0 Å². The lowest BCUT2D eigenvalue weighted by Gasteiger charge is -2.24. The molecule has 0 aliphatic heterocycles. The highest BCUT2D eigenvalue weighted by Crippen LogP contribution is 2.43. The molecule has 52 heavy (non-hydrogen) atoms. The Kier molecular flexibility index (Phi) is 37.4. The van der Waals surface area contributed by atoms with Crippen molar-refractivity contribution in [2.24, 2.45) is 5.73 Å². The van der Waals surface area contributed by atoms with Crippen LogP contribution < -0.4 is 11.1 Å².